The van der Waals surface area contributed by atoms with Gasteiger partial charge in [0.2, 0.25) is 0 Å². The topological polar surface area (TPSA) is 106 Å². The van der Waals surface area contributed by atoms with Crippen LogP contribution < -0.4 is 10.2 Å². The number of anilines is 2. The van der Waals surface area contributed by atoms with Crippen LogP contribution in [0.5, 0.6) is 0 Å². The van der Waals surface area contributed by atoms with Crippen LogP contribution in [0.3, 0.4) is 0 Å². The van der Waals surface area contributed by atoms with Crippen molar-refractivity contribution in [3.63, 3.8) is 0 Å². The maximum atomic E-state index is 12.7. The van der Waals surface area contributed by atoms with Gasteiger partial charge in [-0.3, -0.25) is 14.9 Å². The normalized spacial score (nSPS) is 10.6. The Morgan fingerprint density at radius 3 is 2.64 bits per heavy atom. The average Bonchev–Trinajstić information content (AvgIpc) is 3.03. The molecule has 0 unspecified atom stereocenters. The van der Waals surface area contributed by atoms with Gasteiger partial charge in [-0.25, -0.2) is 4.68 Å². The van der Waals surface area contributed by atoms with E-state index in [4.69, 9.17) is 11.6 Å². The summed E-state index contributed by atoms with van der Waals surface area (Å²) in [6, 6.07) is 11.1. The highest BCUT2D eigenvalue weighted by Crippen LogP contribution is 2.32. The third kappa shape index (κ3) is 3.65. The van der Waals surface area contributed by atoms with E-state index in [2.05, 4.69) is 15.6 Å². The molecule has 0 bridgehead atoms. The van der Waals surface area contributed by atoms with Gasteiger partial charge in [0.25, 0.3) is 11.6 Å². The standard InChI is InChI=1S/C18H17ClN6O3/c1-11-16(18(26)20-15-9-5-8-14(19)17(15)23(2)3)21-22-24(11)12-6-4-7-13(10-12)25(27)28/h4-10H,1-3H3,(H,20,26). The van der Waals surface area contributed by atoms with Crippen LogP contribution in [0.1, 0.15) is 16.2 Å². The number of carbonyl (C=O) groups excluding carboxylic acids is 1. The summed E-state index contributed by atoms with van der Waals surface area (Å²) in [5, 5.41) is 22.2. The van der Waals surface area contributed by atoms with Crippen molar-refractivity contribution in [1.82, 2.24) is 15.0 Å². The van der Waals surface area contributed by atoms with Crippen LogP contribution in [-0.4, -0.2) is 39.9 Å². The first-order valence-electron chi connectivity index (χ1n) is 8.24. The van der Waals surface area contributed by atoms with Gasteiger partial charge in [-0.15, -0.1) is 5.10 Å². The number of non-ortho nitro benzene ring substituents is 1. The lowest BCUT2D eigenvalue weighted by molar-refractivity contribution is -0.384. The second kappa shape index (κ2) is 7.65. The van der Waals surface area contributed by atoms with Crippen molar-refractivity contribution in [1.29, 1.82) is 0 Å². The fraction of sp³-hybridized carbons (Fsp3) is 0.167. The molecule has 28 heavy (non-hydrogen) atoms. The lowest BCUT2D eigenvalue weighted by Crippen LogP contribution is -2.18. The predicted octanol–water partition coefficient (Wildman–Crippen LogP) is 3.46. The summed E-state index contributed by atoms with van der Waals surface area (Å²) in [5.74, 6) is -0.459. The number of aromatic nitrogens is 3. The van der Waals surface area contributed by atoms with Crippen LogP contribution in [0, 0.1) is 17.0 Å². The summed E-state index contributed by atoms with van der Waals surface area (Å²) in [6.45, 7) is 1.67. The number of hydrogen-bond acceptors (Lipinski definition) is 6. The average molecular weight is 401 g/mol. The fourth-order valence-electron chi connectivity index (χ4n) is 2.77. The third-order valence-corrected chi connectivity index (χ3v) is 4.38. The van der Waals surface area contributed by atoms with Crippen LogP contribution in [0.2, 0.25) is 5.02 Å². The summed E-state index contributed by atoms with van der Waals surface area (Å²) >= 11 is 6.23. The number of nitrogens with one attached hydrogen (secondary N) is 1. The molecule has 1 N–H and O–H groups in total. The predicted molar refractivity (Wildman–Crippen MR) is 106 cm³/mol. The van der Waals surface area contributed by atoms with E-state index >= 15 is 0 Å². The SMILES string of the molecule is Cc1c(C(=O)Nc2cccc(Cl)c2N(C)C)nnn1-c1cccc([N+](=O)[O-])c1. The number of hydrogen-bond donors (Lipinski definition) is 1. The molecule has 1 heterocycles. The molecule has 1 aromatic heterocycles. The number of nitro benzene ring substituents is 1. The third-order valence-electron chi connectivity index (χ3n) is 4.08. The molecule has 3 aromatic rings. The van der Waals surface area contributed by atoms with Crippen molar-refractivity contribution < 1.29 is 9.72 Å². The number of halogens is 1. The highest BCUT2D eigenvalue weighted by molar-refractivity contribution is 6.34. The maximum absolute atomic E-state index is 12.7. The van der Waals surface area contributed by atoms with Crippen LogP contribution in [0.15, 0.2) is 42.5 Å². The van der Waals surface area contributed by atoms with Gasteiger partial charge in [0.05, 0.1) is 32.7 Å². The van der Waals surface area contributed by atoms with E-state index < -0.39 is 10.8 Å². The van der Waals surface area contributed by atoms with Crippen LogP contribution in [0.4, 0.5) is 17.1 Å². The van der Waals surface area contributed by atoms with E-state index in [9.17, 15) is 14.9 Å². The summed E-state index contributed by atoms with van der Waals surface area (Å²) < 4.78 is 1.38. The Morgan fingerprint density at radius 1 is 1.25 bits per heavy atom. The number of nitrogens with zero attached hydrogens (tertiary/aromatic N) is 5. The number of nitro groups is 1. The Hall–Kier alpha value is -3.46. The summed E-state index contributed by atoms with van der Waals surface area (Å²) in [7, 11) is 3.64. The summed E-state index contributed by atoms with van der Waals surface area (Å²) in [5.41, 5.74) is 2.12. The van der Waals surface area contributed by atoms with Crippen molar-refractivity contribution in [3.05, 3.63) is 69.0 Å². The molecule has 9 nitrogen and oxygen atoms in total. The summed E-state index contributed by atoms with van der Waals surface area (Å²) in [4.78, 5) is 25.0. The van der Waals surface area contributed by atoms with Crippen molar-refractivity contribution in [2.24, 2.45) is 0 Å². The zero-order valence-electron chi connectivity index (χ0n) is 15.4. The molecule has 0 aliphatic carbocycles. The zero-order chi connectivity index (χ0) is 20.4. The molecule has 0 spiro atoms. The largest absolute Gasteiger partial charge is 0.375 e. The zero-order valence-corrected chi connectivity index (χ0v) is 16.1. The second-order valence-corrected chi connectivity index (χ2v) is 6.60. The Kier molecular flexibility index (Phi) is 5.27. The van der Waals surface area contributed by atoms with Crippen molar-refractivity contribution in [2.75, 3.05) is 24.3 Å². The molecule has 144 valence electrons. The minimum absolute atomic E-state index is 0.0760. The van der Waals surface area contributed by atoms with Crippen molar-refractivity contribution in [2.45, 2.75) is 6.92 Å². The Morgan fingerprint density at radius 2 is 1.96 bits per heavy atom. The van der Waals surface area contributed by atoms with E-state index in [-0.39, 0.29) is 11.4 Å². The Bertz CT molecular complexity index is 1060. The maximum Gasteiger partial charge on any atom is 0.278 e. The molecule has 10 heteroatoms. The molecular weight excluding hydrogens is 384 g/mol. The van der Waals surface area contributed by atoms with E-state index in [0.717, 1.165) is 0 Å². The quantitative estimate of drug-likeness (QED) is 0.519. The van der Waals surface area contributed by atoms with E-state index in [0.29, 0.717) is 27.8 Å². The number of rotatable bonds is 5. The monoisotopic (exact) mass is 400 g/mol. The van der Waals surface area contributed by atoms with Gasteiger partial charge in [0.15, 0.2) is 5.69 Å². The van der Waals surface area contributed by atoms with Crippen molar-refractivity contribution in [3.8, 4) is 5.69 Å². The molecule has 0 radical (unpaired) electrons. The van der Waals surface area contributed by atoms with Gasteiger partial charge >= 0.3 is 0 Å². The van der Waals surface area contributed by atoms with Crippen LogP contribution in [-0.2, 0) is 0 Å². The second-order valence-electron chi connectivity index (χ2n) is 6.20. The molecule has 0 saturated carbocycles. The van der Waals surface area contributed by atoms with Gasteiger partial charge in [0, 0.05) is 26.2 Å². The van der Waals surface area contributed by atoms with Crippen LogP contribution in [0.25, 0.3) is 5.69 Å². The highest BCUT2D eigenvalue weighted by atomic mass is 35.5. The molecule has 0 aliphatic heterocycles. The number of benzene rings is 2. The van der Waals surface area contributed by atoms with Gasteiger partial charge in [0.1, 0.15) is 0 Å². The lowest BCUT2D eigenvalue weighted by atomic mass is 10.2. The van der Waals surface area contributed by atoms with Crippen LogP contribution >= 0.6 is 11.6 Å². The Balaban J connectivity index is 1.93. The molecule has 0 atom stereocenters. The number of amides is 1. The first-order chi connectivity index (χ1) is 13.3. The molecule has 3 rings (SSSR count). The van der Waals surface area contributed by atoms with Crippen molar-refractivity contribution >= 4 is 34.6 Å². The fourth-order valence-corrected chi connectivity index (χ4v) is 3.12. The van der Waals surface area contributed by atoms with Gasteiger partial charge in [-0.2, -0.15) is 0 Å². The van der Waals surface area contributed by atoms with E-state index in [1.807, 2.05) is 14.1 Å². The molecule has 0 saturated heterocycles. The molecule has 0 aliphatic rings. The van der Waals surface area contributed by atoms with Gasteiger partial charge in [-0.1, -0.05) is 28.9 Å². The first-order valence-corrected chi connectivity index (χ1v) is 8.61. The molecule has 0 fully saturated rings. The number of para-hydroxylation sites is 1. The lowest BCUT2D eigenvalue weighted by Gasteiger charge is -2.19. The number of carbonyl (C=O) groups is 1. The van der Waals surface area contributed by atoms with E-state index in [1.54, 1.807) is 42.2 Å². The summed E-state index contributed by atoms with van der Waals surface area (Å²) in [6.07, 6.45) is 0. The minimum Gasteiger partial charge on any atom is -0.375 e. The molecule has 1 amide bonds. The molecule has 2 aromatic carbocycles. The van der Waals surface area contributed by atoms with E-state index in [1.165, 1.54) is 16.8 Å². The smallest absolute Gasteiger partial charge is 0.278 e. The first kappa shape index (κ1) is 19.3. The molecular formula is C18H17ClN6O3. The Labute approximate surface area is 165 Å². The van der Waals surface area contributed by atoms with Gasteiger partial charge < -0.3 is 10.2 Å². The highest BCUT2D eigenvalue weighted by Gasteiger charge is 2.20. The minimum atomic E-state index is -0.495. The van der Waals surface area contributed by atoms with Gasteiger partial charge in [-0.05, 0) is 25.1 Å².